The zero-order valence-electron chi connectivity index (χ0n) is 11.1. The van der Waals surface area contributed by atoms with Gasteiger partial charge in [0.2, 0.25) is 0 Å². The lowest BCUT2D eigenvalue weighted by atomic mass is 10.0. The van der Waals surface area contributed by atoms with E-state index in [1.807, 2.05) is 0 Å². The molecule has 2 unspecified atom stereocenters. The number of nitrogens with two attached hydrogens (primary N) is 1. The molecule has 0 aromatic carbocycles. The second kappa shape index (κ2) is 4.38. The molecule has 2 N–H and O–H groups in total. The van der Waals surface area contributed by atoms with Crippen LogP contribution in [-0.4, -0.2) is 21.4 Å². The maximum Gasteiger partial charge on any atom is 0.163 e. The van der Waals surface area contributed by atoms with Gasteiger partial charge in [0, 0.05) is 12.1 Å². The number of ether oxygens (including phenoxy) is 1. The lowest BCUT2D eigenvalue weighted by Crippen LogP contribution is -2.29. The third-order valence-electron chi connectivity index (χ3n) is 3.25. The summed E-state index contributed by atoms with van der Waals surface area (Å²) in [6.45, 7) is 9.82. The molecule has 1 saturated heterocycles. The topological polar surface area (TPSA) is 66.0 Å². The smallest absolute Gasteiger partial charge is 0.163 e. The Labute approximate surface area is 102 Å². The Kier molecular flexibility index (Phi) is 3.23. The Morgan fingerprint density at radius 1 is 1.41 bits per heavy atom. The minimum absolute atomic E-state index is 0.0574. The highest BCUT2D eigenvalue weighted by Gasteiger charge is 2.34. The Balaban J connectivity index is 2.44. The summed E-state index contributed by atoms with van der Waals surface area (Å²) in [6.07, 6.45) is 1.14. The quantitative estimate of drug-likeness (QED) is 0.849. The third kappa shape index (κ3) is 2.21. The summed E-state index contributed by atoms with van der Waals surface area (Å²) >= 11 is 0. The maximum absolute atomic E-state index is 5.78. The molecule has 0 radical (unpaired) electrons. The molecule has 1 aromatic rings. The molecule has 1 aliphatic heterocycles. The molecule has 2 atom stereocenters. The Hall–Kier alpha value is -0.940. The van der Waals surface area contributed by atoms with E-state index in [1.165, 1.54) is 0 Å². The highest BCUT2D eigenvalue weighted by atomic mass is 16.5. The van der Waals surface area contributed by atoms with E-state index in [4.69, 9.17) is 10.5 Å². The molecule has 2 heterocycles. The van der Waals surface area contributed by atoms with Crippen molar-refractivity contribution in [3.63, 3.8) is 0 Å². The van der Waals surface area contributed by atoms with Gasteiger partial charge in [-0.25, -0.2) is 0 Å². The summed E-state index contributed by atoms with van der Waals surface area (Å²) in [4.78, 5) is 0. The van der Waals surface area contributed by atoms with Crippen molar-refractivity contribution in [1.82, 2.24) is 14.8 Å². The van der Waals surface area contributed by atoms with Crippen LogP contribution in [-0.2, 0) is 16.8 Å². The van der Waals surface area contributed by atoms with Gasteiger partial charge in [0.25, 0.3) is 0 Å². The number of hydrogen-bond acceptors (Lipinski definition) is 4. The molecule has 96 valence electrons. The van der Waals surface area contributed by atoms with Gasteiger partial charge in [-0.1, -0.05) is 6.92 Å². The third-order valence-corrected chi connectivity index (χ3v) is 3.25. The summed E-state index contributed by atoms with van der Waals surface area (Å²) in [5.74, 6) is 2.24. The summed E-state index contributed by atoms with van der Waals surface area (Å²) in [5.41, 5.74) is 5.66. The van der Waals surface area contributed by atoms with Crippen molar-refractivity contribution in [1.29, 1.82) is 0 Å². The van der Waals surface area contributed by atoms with E-state index in [0.29, 0.717) is 12.5 Å². The lowest BCUT2D eigenvalue weighted by Gasteiger charge is -2.27. The van der Waals surface area contributed by atoms with E-state index in [2.05, 4.69) is 42.5 Å². The van der Waals surface area contributed by atoms with Crippen LogP contribution < -0.4 is 5.73 Å². The van der Waals surface area contributed by atoms with Gasteiger partial charge in [-0.2, -0.15) is 0 Å². The van der Waals surface area contributed by atoms with Crippen molar-refractivity contribution in [2.45, 2.75) is 52.3 Å². The predicted molar refractivity (Wildman–Crippen MR) is 65.4 cm³/mol. The van der Waals surface area contributed by atoms with E-state index in [0.717, 1.165) is 24.7 Å². The molecule has 0 amide bonds. The van der Waals surface area contributed by atoms with Crippen LogP contribution in [0.25, 0.3) is 0 Å². The molecule has 0 aliphatic carbocycles. The molecule has 0 bridgehead atoms. The first-order valence-electron chi connectivity index (χ1n) is 6.21. The number of nitrogens with zero attached hydrogens (tertiary/aromatic N) is 3. The molecule has 2 rings (SSSR count). The highest BCUT2D eigenvalue weighted by Crippen LogP contribution is 2.35. The zero-order valence-corrected chi connectivity index (χ0v) is 11.1. The van der Waals surface area contributed by atoms with Crippen molar-refractivity contribution in [3.05, 3.63) is 11.6 Å². The first-order chi connectivity index (χ1) is 7.95. The molecule has 1 aliphatic rings. The Bertz CT molecular complexity index is 394. The molecular weight excluding hydrogens is 216 g/mol. The average molecular weight is 238 g/mol. The van der Waals surface area contributed by atoms with Gasteiger partial charge in [-0.05, 0) is 33.1 Å². The summed E-state index contributed by atoms with van der Waals surface area (Å²) in [7, 11) is 0. The maximum atomic E-state index is 5.78. The minimum atomic E-state index is -0.0702. The first kappa shape index (κ1) is 12.5. The van der Waals surface area contributed by atoms with Crippen LogP contribution in [0.3, 0.4) is 0 Å². The fourth-order valence-corrected chi connectivity index (χ4v) is 2.40. The van der Waals surface area contributed by atoms with Gasteiger partial charge in [0.05, 0.1) is 6.54 Å². The van der Waals surface area contributed by atoms with Crippen LogP contribution in [0.1, 0.15) is 51.9 Å². The molecule has 1 aromatic heterocycles. The minimum Gasteiger partial charge on any atom is -0.370 e. The number of hydrogen-bond donors (Lipinski definition) is 1. The molecule has 5 nitrogen and oxygen atoms in total. The monoisotopic (exact) mass is 238 g/mol. The van der Waals surface area contributed by atoms with Crippen molar-refractivity contribution in [2.75, 3.05) is 6.61 Å². The van der Waals surface area contributed by atoms with E-state index in [1.54, 1.807) is 0 Å². The van der Waals surface area contributed by atoms with Gasteiger partial charge >= 0.3 is 0 Å². The van der Waals surface area contributed by atoms with Crippen molar-refractivity contribution < 1.29 is 4.74 Å². The lowest BCUT2D eigenvalue weighted by molar-refractivity contribution is 0.0799. The van der Waals surface area contributed by atoms with Gasteiger partial charge in [0.15, 0.2) is 5.82 Å². The Morgan fingerprint density at radius 3 is 2.59 bits per heavy atom. The number of rotatable bonds is 2. The fourth-order valence-electron chi connectivity index (χ4n) is 2.40. The van der Waals surface area contributed by atoms with Crippen LogP contribution >= 0.6 is 0 Å². The van der Waals surface area contributed by atoms with Crippen LogP contribution in [0.4, 0.5) is 0 Å². The summed E-state index contributed by atoms with van der Waals surface area (Å²) < 4.78 is 7.91. The molecule has 0 saturated carbocycles. The molecule has 1 fully saturated rings. The van der Waals surface area contributed by atoms with E-state index in [9.17, 15) is 0 Å². The van der Waals surface area contributed by atoms with Gasteiger partial charge in [-0.3, -0.25) is 0 Å². The molecular formula is C12H22N4O. The van der Waals surface area contributed by atoms with Crippen molar-refractivity contribution in [3.8, 4) is 0 Å². The van der Waals surface area contributed by atoms with Crippen LogP contribution in [0.2, 0.25) is 0 Å². The van der Waals surface area contributed by atoms with E-state index in [-0.39, 0.29) is 11.6 Å². The van der Waals surface area contributed by atoms with E-state index < -0.39 is 0 Å². The van der Waals surface area contributed by atoms with Gasteiger partial charge in [0.1, 0.15) is 11.9 Å². The van der Waals surface area contributed by atoms with Crippen molar-refractivity contribution in [2.24, 2.45) is 11.7 Å². The van der Waals surface area contributed by atoms with Gasteiger partial charge < -0.3 is 15.0 Å². The van der Waals surface area contributed by atoms with Crippen molar-refractivity contribution >= 4 is 0 Å². The highest BCUT2D eigenvalue weighted by molar-refractivity contribution is 5.06. The van der Waals surface area contributed by atoms with Crippen LogP contribution in [0.15, 0.2) is 0 Å². The second-order valence-corrected chi connectivity index (χ2v) is 5.74. The second-order valence-electron chi connectivity index (χ2n) is 5.74. The molecule has 5 heteroatoms. The SMILES string of the molecule is CC1CCOC1c1nnc(CN)n1C(C)(C)C. The largest absolute Gasteiger partial charge is 0.370 e. The first-order valence-corrected chi connectivity index (χ1v) is 6.21. The van der Waals surface area contributed by atoms with E-state index >= 15 is 0 Å². The average Bonchev–Trinajstić information content (AvgIpc) is 2.81. The Morgan fingerprint density at radius 2 is 2.12 bits per heavy atom. The summed E-state index contributed by atoms with van der Waals surface area (Å²) in [6, 6.07) is 0. The molecule has 0 spiro atoms. The summed E-state index contributed by atoms with van der Waals surface area (Å²) in [5, 5.41) is 8.48. The van der Waals surface area contributed by atoms with Crippen LogP contribution in [0.5, 0.6) is 0 Å². The normalized spacial score (nSPS) is 25.5. The van der Waals surface area contributed by atoms with Crippen LogP contribution in [0, 0.1) is 5.92 Å². The standard InChI is InChI=1S/C12H22N4O/c1-8-5-6-17-10(8)11-15-14-9(7-13)16(11)12(2,3)4/h8,10H,5-7,13H2,1-4H3. The zero-order chi connectivity index (χ0) is 12.6. The predicted octanol–water partition coefficient (Wildman–Crippen LogP) is 1.59. The fraction of sp³-hybridized carbons (Fsp3) is 0.833. The molecule has 17 heavy (non-hydrogen) atoms. The van der Waals surface area contributed by atoms with Gasteiger partial charge in [-0.15, -0.1) is 10.2 Å². The number of aromatic nitrogens is 3.